The van der Waals surface area contributed by atoms with Crippen LogP contribution < -0.4 is 4.52 Å². The molecule has 4 nitrogen and oxygen atoms in total. The van der Waals surface area contributed by atoms with E-state index >= 15 is 0 Å². The van der Waals surface area contributed by atoms with Crippen molar-refractivity contribution in [2.75, 3.05) is 26.2 Å². The highest BCUT2D eigenvalue weighted by atomic mass is 31.2. The Kier molecular flexibility index (Phi) is 6.56. The van der Waals surface area contributed by atoms with Crippen LogP contribution in [0.5, 0.6) is 5.75 Å². The van der Waals surface area contributed by atoms with E-state index in [1.807, 2.05) is 30.3 Å². The normalized spacial score (nSPS) is 12.1. The molecule has 1 aromatic carbocycles. The van der Waals surface area contributed by atoms with E-state index in [1.54, 1.807) is 0 Å². The molecule has 0 amide bonds. The first-order valence-electron chi connectivity index (χ1n) is 7.01. The fourth-order valence-electron chi connectivity index (χ4n) is 2.14. The van der Waals surface area contributed by atoms with Crippen molar-refractivity contribution in [3.05, 3.63) is 30.3 Å². The third-order valence-electron chi connectivity index (χ3n) is 3.20. The number of rotatable bonds is 8. The van der Waals surface area contributed by atoms with Gasteiger partial charge in [0, 0.05) is 26.2 Å². The summed E-state index contributed by atoms with van der Waals surface area (Å²) in [4.78, 5) is 0. The third-order valence-corrected chi connectivity index (χ3v) is 6.33. The van der Waals surface area contributed by atoms with Crippen molar-refractivity contribution >= 4 is 7.58 Å². The van der Waals surface area contributed by atoms with Crippen LogP contribution in [0.2, 0.25) is 0 Å². The van der Waals surface area contributed by atoms with Gasteiger partial charge in [-0.1, -0.05) is 45.9 Å². The van der Waals surface area contributed by atoms with Crippen molar-refractivity contribution < 1.29 is 4.52 Å². The van der Waals surface area contributed by atoms with E-state index < -0.39 is 7.58 Å². The predicted molar refractivity (Wildman–Crippen MR) is 82.6 cm³/mol. The maximum Gasteiger partial charge on any atom is 0.276 e. The second-order valence-electron chi connectivity index (χ2n) is 4.23. The SMILES string of the molecule is CCN(CC)P(=N)(Oc1ccccc1)N(CC)CC. The number of nitrogens with one attached hydrogen (secondary N) is 1. The van der Waals surface area contributed by atoms with Crippen molar-refractivity contribution in [3.63, 3.8) is 0 Å². The summed E-state index contributed by atoms with van der Waals surface area (Å²) in [5.74, 6) is 0.782. The molecule has 1 rings (SSSR count). The fraction of sp³-hybridized carbons (Fsp3) is 0.571. The van der Waals surface area contributed by atoms with Crippen molar-refractivity contribution in [2.24, 2.45) is 0 Å². The summed E-state index contributed by atoms with van der Waals surface area (Å²) < 4.78 is 10.4. The Morgan fingerprint density at radius 1 is 0.895 bits per heavy atom. The summed E-state index contributed by atoms with van der Waals surface area (Å²) >= 11 is 0. The van der Waals surface area contributed by atoms with Gasteiger partial charge in [0.15, 0.2) is 0 Å². The first-order chi connectivity index (χ1) is 9.12. The lowest BCUT2D eigenvalue weighted by molar-refractivity contribution is 0.344. The Bertz CT molecular complexity index is 386. The van der Waals surface area contributed by atoms with Crippen LogP contribution >= 0.6 is 7.58 Å². The van der Waals surface area contributed by atoms with E-state index in [1.165, 1.54) is 0 Å². The standard InChI is InChI=1S/C14H26N3OP/c1-5-16(6-2)19(15,17(7-3)8-4)18-14-12-10-9-11-13-14/h9-13,15H,5-8H2,1-4H3. The lowest BCUT2D eigenvalue weighted by Crippen LogP contribution is -2.34. The monoisotopic (exact) mass is 283 g/mol. The van der Waals surface area contributed by atoms with Gasteiger partial charge in [0.05, 0.1) is 0 Å². The molecule has 5 heteroatoms. The highest BCUT2D eigenvalue weighted by Crippen LogP contribution is 2.54. The number of hydrogen-bond acceptors (Lipinski definition) is 2. The van der Waals surface area contributed by atoms with E-state index in [9.17, 15) is 0 Å². The minimum atomic E-state index is -2.49. The van der Waals surface area contributed by atoms with Gasteiger partial charge in [-0.25, -0.2) is 9.34 Å². The van der Waals surface area contributed by atoms with Crippen LogP contribution in [0.4, 0.5) is 0 Å². The molecule has 0 saturated carbocycles. The molecule has 0 heterocycles. The van der Waals surface area contributed by atoms with Gasteiger partial charge in [-0.15, -0.1) is 0 Å². The van der Waals surface area contributed by atoms with Crippen molar-refractivity contribution in [1.82, 2.24) is 9.34 Å². The minimum Gasteiger partial charge on any atom is -0.436 e. The van der Waals surface area contributed by atoms with E-state index in [-0.39, 0.29) is 0 Å². The maximum absolute atomic E-state index is 8.91. The van der Waals surface area contributed by atoms with Crippen LogP contribution in [-0.4, -0.2) is 35.5 Å². The molecule has 19 heavy (non-hydrogen) atoms. The zero-order valence-electron chi connectivity index (χ0n) is 12.5. The fourth-order valence-corrected chi connectivity index (χ4v) is 4.67. The molecular formula is C14H26N3OP. The van der Waals surface area contributed by atoms with Gasteiger partial charge in [0.25, 0.3) is 7.58 Å². The highest BCUT2D eigenvalue weighted by Gasteiger charge is 2.32. The van der Waals surface area contributed by atoms with Gasteiger partial charge in [0.1, 0.15) is 5.75 Å². The average Bonchev–Trinajstić information content (AvgIpc) is 2.42. The lowest BCUT2D eigenvalue weighted by atomic mass is 10.3. The highest BCUT2D eigenvalue weighted by molar-refractivity contribution is 7.55. The Hall–Kier alpha value is -0.830. The van der Waals surface area contributed by atoms with Crippen LogP contribution in [-0.2, 0) is 0 Å². The minimum absolute atomic E-state index is 0.782. The molecule has 0 saturated heterocycles. The van der Waals surface area contributed by atoms with Crippen LogP contribution in [0.15, 0.2) is 30.3 Å². The summed E-state index contributed by atoms with van der Waals surface area (Å²) in [6.07, 6.45) is 0. The predicted octanol–water partition coefficient (Wildman–Crippen LogP) is 4.27. The quantitative estimate of drug-likeness (QED) is 0.724. The molecule has 1 N–H and O–H groups in total. The van der Waals surface area contributed by atoms with E-state index in [0.717, 1.165) is 31.9 Å². The zero-order valence-corrected chi connectivity index (χ0v) is 13.4. The second-order valence-corrected chi connectivity index (χ2v) is 6.63. The molecular weight excluding hydrogens is 257 g/mol. The summed E-state index contributed by atoms with van der Waals surface area (Å²) in [6.45, 7) is 11.7. The Labute approximate surface area is 117 Å². The van der Waals surface area contributed by atoms with Gasteiger partial charge < -0.3 is 4.52 Å². The molecule has 0 aliphatic carbocycles. The van der Waals surface area contributed by atoms with Gasteiger partial charge in [0.2, 0.25) is 0 Å². The summed E-state index contributed by atoms with van der Waals surface area (Å²) in [6, 6.07) is 9.71. The number of para-hydroxylation sites is 1. The summed E-state index contributed by atoms with van der Waals surface area (Å²) in [5, 5.41) is 8.91. The molecule has 0 radical (unpaired) electrons. The van der Waals surface area contributed by atoms with Crippen molar-refractivity contribution in [3.8, 4) is 5.75 Å². The van der Waals surface area contributed by atoms with Crippen LogP contribution in [0.25, 0.3) is 0 Å². The molecule has 0 aromatic heterocycles. The third kappa shape index (κ3) is 3.82. The average molecular weight is 283 g/mol. The van der Waals surface area contributed by atoms with E-state index in [4.69, 9.17) is 9.69 Å². The molecule has 0 unspecified atom stereocenters. The van der Waals surface area contributed by atoms with E-state index in [2.05, 4.69) is 37.0 Å². The van der Waals surface area contributed by atoms with Crippen LogP contribution in [0, 0.1) is 5.16 Å². The van der Waals surface area contributed by atoms with Gasteiger partial charge in [-0.2, -0.15) is 0 Å². The van der Waals surface area contributed by atoms with Crippen molar-refractivity contribution in [2.45, 2.75) is 27.7 Å². The maximum atomic E-state index is 8.91. The Balaban J connectivity index is 3.08. The zero-order chi connectivity index (χ0) is 14.3. The number of hydrogen-bond donors (Lipinski definition) is 1. The number of benzene rings is 1. The smallest absolute Gasteiger partial charge is 0.276 e. The van der Waals surface area contributed by atoms with E-state index in [0.29, 0.717) is 0 Å². The molecule has 0 spiro atoms. The largest absolute Gasteiger partial charge is 0.436 e. The molecule has 0 bridgehead atoms. The van der Waals surface area contributed by atoms with Gasteiger partial charge in [-0.05, 0) is 12.1 Å². The molecule has 0 fully saturated rings. The first kappa shape index (κ1) is 16.2. The van der Waals surface area contributed by atoms with Crippen LogP contribution in [0.3, 0.4) is 0 Å². The molecule has 0 atom stereocenters. The summed E-state index contributed by atoms with van der Waals surface area (Å²) in [7, 11) is -2.49. The van der Waals surface area contributed by atoms with Crippen LogP contribution in [0.1, 0.15) is 27.7 Å². The Morgan fingerprint density at radius 3 is 1.68 bits per heavy atom. The van der Waals surface area contributed by atoms with Crippen molar-refractivity contribution in [1.29, 1.82) is 5.16 Å². The first-order valence-corrected chi connectivity index (χ1v) is 8.63. The van der Waals surface area contributed by atoms with Gasteiger partial charge in [-0.3, -0.25) is 5.16 Å². The molecule has 0 aliphatic rings. The second kappa shape index (κ2) is 7.68. The lowest BCUT2D eigenvalue weighted by Gasteiger charge is -2.39. The molecule has 108 valence electrons. The topological polar surface area (TPSA) is 39.6 Å². The Morgan fingerprint density at radius 2 is 1.32 bits per heavy atom. The molecule has 1 aromatic rings. The number of nitrogens with zero attached hydrogens (tertiary/aromatic N) is 2. The molecule has 0 aliphatic heterocycles. The van der Waals surface area contributed by atoms with Gasteiger partial charge >= 0.3 is 0 Å². The summed E-state index contributed by atoms with van der Waals surface area (Å²) in [5.41, 5.74) is 0.